The highest BCUT2D eigenvalue weighted by molar-refractivity contribution is 9.10. The average molecular weight is 286 g/mol. The molecule has 0 unspecified atom stereocenters. The number of rotatable bonds is 2. The Kier molecular flexibility index (Phi) is 2.96. The van der Waals surface area contributed by atoms with Crippen molar-refractivity contribution in [3.63, 3.8) is 0 Å². The largest absolute Gasteiger partial charge is 0.462 e. The van der Waals surface area contributed by atoms with Crippen molar-refractivity contribution in [1.29, 1.82) is 0 Å². The Morgan fingerprint density at radius 3 is 3.00 bits per heavy atom. The molecule has 2 aromatic heterocycles. The summed E-state index contributed by atoms with van der Waals surface area (Å²) in [6.45, 7) is 2.06. The standard InChI is InChI=1S/C11H9BrFNO2/c1-2-16-11(15)7-5-8-3-4-9(13)10(12)14(8)6-7/h3-6H,2H2,1H3. The number of carbonyl (C=O) groups is 1. The molecule has 0 saturated heterocycles. The molecule has 2 heterocycles. The van der Waals surface area contributed by atoms with E-state index in [1.54, 1.807) is 29.7 Å². The Morgan fingerprint density at radius 1 is 1.56 bits per heavy atom. The van der Waals surface area contributed by atoms with Crippen molar-refractivity contribution in [3.8, 4) is 0 Å². The second kappa shape index (κ2) is 4.25. The normalized spacial score (nSPS) is 10.7. The predicted molar refractivity (Wildman–Crippen MR) is 61.0 cm³/mol. The highest BCUT2D eigenvalue weighted by atomic mass is 79.9. The molecule has 2 aromatic rings. The van der Waals surface area contributed by atoms with Crippen LogP contribution < -0.4 is 0 Å². The van der Waals surface area contributed by atoms with Crippen LogP contribution in [-0.4, -0.2) is 17.0 Å². The van der Waals surface area contributed by atoms with Crippen molar-refractivity contribution in [2.75, 3.05) is 6.61 Å². The molecule has 0 saturated carbocycles. The zero-order valence-corrected chi connectivity index (χ0v) is 10.1. The first kappa shape index (κ1) is 11.1. The quantitative estimate of drug-likeness (QED) is 0.627. The average Bonchev–Trinajstić information content (AvgIpc) is 2.69. The van der Waals surface area contributed by atoms with Gasteiger partial charge < -0.3 is 9.14 Å². The van der Waals surface area contributed by atoms with Crippen LogP contribution in [0.1, 0.15) is 17.3 Å². The van der Waals surface area contributed by atoms with Crippen LogP contribution >= 0.6 is 15.9 Å². The second-order valence-corrected chi connectivity index (χ2v) is 3.97. The molecule has 16 heavy (non-hydrogen) atoms. The fourth-order valence-corrected chi connectivity index (χ4v) is 1.89. The number of fused-ring (bicyclic) bond motifs is 1. The number of nitrogens with zero attached hydrogens (tertiary/aromatic N) is 1. The Morgan fingerprint density at radius 2 is 2.31 bits per heavy atom. The molecule has 0 amide bonds. The van der Waals surface area contributed by atoms with E-state index in [-0.39, 0.29) is 5.82 Å². The van der Waals surface area contributed by atoms with Crippen LogP contribution in [0, 0.1) is 5.82 Å². The molecule has 5 heteroatoms. The van der Waals surface area contributed by atoms with E-state index in [4.69, 9.17) is 4.74 Å². The predicted octanol–water partition coefficient (Wildman–Crippen LogP) is 3.02. The zero-order valence-electron chi connectivity index (χ0n) is 8.54. The van der Waals surface area contributed by atoms with Gasteiger partial charge in [-0.3, -0.25) is 0 Å². The van der Waals surface area contributed by atoms with E-state index < -0.39 is 5.97 Å². The topological polar surface area (TPSA) is 30.7 Å². The molecule has 0 radical (unpaired) electrons. The third-order valence-electron chi connectivity index (χ3n) is 2.17. The van der Waals surface area contributed by atoms with Crippen molar-refractivity contribution in [2.45, 2.75) is 6.92 Å². The highest BCUT2D eigenvalue weighted by Gasteiger charge is 2.12. The summed E-state index contributed by atoms with van der Waals surface area (Å²) in [5, 5.41) is 0. The van der Waals surface area contributed by atoms with Gasteiger partial charge in [0.1, 0.15) is 4.60 Å². The van der Waals surface area contributed by atoms with E-state index in [0.717, 1.165) is 5.52 Å². The summed E-state index contributed by atoms with van der Waals surface area (Å²) in [4.78, 5) is 11.5. The van der Waals surface area contributed by atoms with Crippen LogP contribution in [0.2, 0.25) is 0 Å². The fraction of sp³-hybridized carbons (Fsp3) is 0.182. The van der Waals surface area contributed by atoms with E-state index in [9.17, 15) is 9.18 Å². The molecule has 0 N–H and O–H groups in total. The molecular formula is C11H9BrFNO2. The van der Waals surface area contributed by atoms with Crippen molar-refractivity contribution >= 4 is 27.4 Å². The van der Waals surface area contributed by atoms with Gasteiger partial charge in [0.15, 0.2) is 5.82 Å². The van der Waals surface area contributed by atoms with Gasteiger partial charge in [-0.25, -0.2) is 9.18 Å². The Bertz CT molecular complexity index is 550. The monoisotopic (exact) mass is 285 g/mol. The second-order valence-electron chi connectivity index (χ2n) is 3.22. The molecule has 0 aliphatic heterocycles. The third kappa shape index (κ3) is 1.82. The van der Waals surface area contributed by atoms with Gasteiger partial charge in [-0.1, -0.05) is 0 Å². The molecular weight excluding hydrogens is 277 g/mol. The zero-order chi connectivity index (χ0) is 11.7. The maximum atomic E-state index is 13.2. The van der Waals surface area contributed by atoms with Gasteiger partial charge in [-0.2, -0.15) is 0 Å². The molecule has 0 aliphatic rings. The molecule has 0 aliphatic carbocycles. The summed E-state index contributed by atoms with van der Waals surface area (Å²) in [5.74, 6) is -0.781. The minimum absolute atomic E-state index is 0.292. The van der Waals surface area contributed by atoms with E-state index in [0.29, 0.717) is 16.8 Å². The highest BCUT2D eigenvalue weighted by Crippen LogP contribution is 2.20. The minimum atomic E-state index is -0.404. The number of aromatic nitrogens is 1. The lowest BCUT2D eigenvalue weighted by atomic mass is 10.3. The summed E-state index contributed by atoms with van der Waals surface area (Å²) in [5.41, 5.74) is 1.14. The lowest BCUT2D eigenvalue weighted by molar-refractivity contribution is 0.0526. The maximum Gasteiger partial charge on any atom is 0.339 e. The van der Waals surface area contributed by atoms with Crippen molar-refractivity contribution in [2.24, 2.45) is 0 Å². The number of carbonyl (C=O) groups excluding carboxylic acids is 1. The summed E-state index contributed by atoms with van der Waals surface area (Å²) in [6.07, 6.45) is 1.54. The van der Waals surface area contributed by atoms with Gasteiger partial charge >= 0.3 is 5.97 Å². The molecule has 0 aromatic carbocycles. The lowest BCUT2D eigenvalue weighted by Crippen LogP contribution is -2.02. The number of pyridine rings is 1. The molecule has 84 valence electrons. The van der Waals surface area contributed by atoms with Gasteiger partial charge in [-0.05, 0) is 41.1 Å². The first-order chi connectivity index (χ1) is 7.63. The van der Waals surface area contributed by atoms with E-state index >= 15 is 0 Å². The molecule has 3 nitrogen and oxygen atoms in total. The van der Waals surface area contributed by atoms with Crippen LogP contribution in [-0.2, 0) is 4.74 Å². The Balaban J connectivity index is 2.52. The van der Waals surface area contributed by atoms with Crippen molar-refractivity contribution in [3.05, 3.63) is 40.4 Å². The van der Waals surface area contributed by atoms with Crippen LogP contribution in [0.3, 0.4) is 0 Å². The third-order valence-corrected chi connectivity index (χ3v) is 2.93. The van der Waals surface area contributed by atoms with E-state index in [1.807, 2.05) is 0 Å². The minimum Gasteiger partial charge on any atom is -0.462 e. The molecule has 0 fully saturated rings. The van der Waals surface area contributed by atoms with Crippen molar-refractivity contribution in [1.82, 2.24) is 4.40 Å². The number of esters is 1. The summed E-state index contributed by atoms with van der Waals surface area (Å²) in [7, 11) is 0. The Labute approximate surface area is 100.0 Å². The van der Waals surface area contributed by atoms with Gasteiger partial charge in [0.05, 0.1) is 12.2 Å². The first-order valence-electron chi connectivity index (χ1n) is 4.76. The number of hydrogen-bond acceptors (Lipinski definition) is 2. The van der Waals surface area contributed by atoms with E-state index in [2.05, 4.69) is 15.9 Å². The summed E-state index contributed by atoms with van der Waals surface area (Å²) in [6, 6.07) is 4.60. The van der Waals surface area contributed by atoms with Gasteiger partial charge in [0, 0.05) is 11.7 Å². The van der Waals surface area contributed by atoms with Gasteiger partial charge in [-0.15, -0.1) is 0 Å². The molecule has 0 atom stereocenters. The number of hydrogen-bond donors (Lipinski definition) is 0. The molecule has 0 spiro atoms. The molecule has 0 bridgehead atoms. The Hall–Kier alpha value is -1.36. The summed E-state index contributed by atoms with van der Waals surface area (Å²) < 4.78 is 19.9. The smallest absolute Gasteiger partial charge is 0.339 e. The van der Waals surface area contributed by atoms with Gasteiger partial charge in [0.25, 0.3) is 0 Å². The first-order valence-corrected chi connectivity index (χ1v) is 5.56. The SMILES string of the molecule is CCOC(=O)c1cc2ccc(F)c(Br)n2c1. The van der Waals surface area contributed by atoms with Gasteiger partial charge in [0.2, 0.25) is 0 Å². The lowest BCUT2D eigenvalue weighted by Gasteiger charge is -1.99. The van der Waals surface area contributed by atoms with Crippen LogP contribution in [0.25, 0.3) is 5.52 Å². The number of ether oxygens (including phenoxy) is 1. The van der Waals surface area contributed by atoms with Crippen LogP contribution in [0.15, 0.2) is 29.0 Å². The summed E-state index contributed by atoms with van der Waals surface area (Å²) >= 11 is 3.12. The van der Waals surface area contributed by atoms with Crippen LogP contribution in [0.4, 0.5) is 4.39 Å². The maximum absolute atomic E-state index is 13.2. The van der Waals surface area contributed by atoms with Crippen molar-refractivity contribution < 1.29 is 13.9 Å². The fourth-order valence-electron chi connectivity index (χ4n) is 1.45. The molecule has 2 rings (SSSR count). The number of halogens is 2. The van der Waals surface area contributed by atoms with E-state index in [1.165, 1.54) is 6.07 Å². The van der Waals surface area contributed by atoms with Crippen LogP contribution in [0.5, 0.6) is 0 Å².